The first-order valence-corrected chi connectivity index (χ1v) is 5.96. The summed E-state index contributed by atoms with van der Waals surface area (Å²) in [5, 5.41) is 1.20. The average molecular weight is 275 g/mol. The van der Waals surface area contributed by atoms with Crippen molar-refractivity contribution in [3.05, 3.63) is 20.8 Å². The van der Waals surface area contributed by atoms with Crippen molar-refractivity contribution < 1.29 is 4.79 Å². The van der Waals surface area contributed by atoms with Gasteiger partial charge in [-0.3, -0.25) is 9.80 Å². The fourth-order valence-electron chi connectivity index (χ4n) is 1.60. The molecule has 5 heteroatoms. The van der Waals surface area contributed by atoms with Crippen molar-refractivity contribution in [3.63, 3.8) is 0 Å². The van der Waals surface area contributed by atoms with Crippen LogP contribution in [-0.4, -0.2) is 18.0 Å². The average Bonchev–Trinajstić information content (AvgIpc) is 2.83. The molecule has 3 nitrogen and oxygen atoms in total. The molecule has 1 saturated carbocycles. The second-order valence-corrected chi connectivity index (χ2v) is 6.06. The van der Waals surface area contributed by atoms with Gasteiger partial charge in [0.05, 0.1) is 9.20 Å². The summed E-state index contributed by atoms with van der Waals surface area (Å²) in [6.45, 7) is 0. The van der Waals surface area contributed by atoms with Crippen LogP contribution < -0.4 is 5.84 Å². The summed E-state index contributed by atoms with van der Waals surface area (Å²) in [5.41, 5.74) is -0.305. The van der Waals surface area contributed by atoms with Crippen LogP contribution in [0.4, 0.5) is 0 Å². The summed E-state index contributed by atoms with van der Waals surface area (Å²) in [6.07, 6.45) is 1.83. The van der Waals surface area contributed by atoms with Gasteiger partial charge < -0.3 is 0 Å². The zero-order valence-corrected chi connectivity index (χ0v) is 10.2. The number of amides is 1. The zero-order valence-electron chi connectivity index (χ0n) is 7.79. The van der Waals surface area contributed by atoms with Gasteiger partial charge >= 0.3 is 0 Å². The molecule has 1 fully saturated rings. The standard InChI is InChI=1S/C9H11BrN2OS/c1-12(11)8(13)9(4-5-9)6-2-3-7(10)14-6/h2-3H,4-5,11H2,1H3. The second-order valence-electron chi connectivity index (χ2n) is 3.60. The van der Waals surface area contributed by atoms with E-state index >= 15 is 0 Å². The number of nitrogens with two attached hydrogens (primary N) is 1. The second kappa shape index (κ2) is 3.32. The lowest BCUT2D eigenvalue weighted by Gasteiger charge is -2.17. The van der Waals surface area contributed by atoms with Gasteiger partial charge in [0.15, 0.2) is 0 Å². The molecule has 0 aliphatic heterocycles. The molecule has 76 valence electrons. The van der Waals surface area contributed by atoms with Crippen molar-refractivity contribution in [1.29, 1.82) is 0 Å². The molecule has 14 heavy (non-hydrogen) atoms. The molecule has 0 unspecified atom stereocenters. The van der Waals surface area contributed by atoms with Gasteiger partial charge in [0.2, 0.25) is 5.91 Å². The molecular formula is C9H11BrN2OS. The first kappa shape index (κ1) is 10.1. The first-order chi connectivity index (χ1) is 6.56. The van der Waals surface area contributed by atoms with Gasteiger partial charge in [-0.2, -0.15) is 0 Å². The third kappa shape index (κ3) is 1.49. The van der Waals surface area contributed by atoms with Gasteiger partial charge in [0, 0.05) is 11.9 Å². The number of halogens is 1. The lowest BCUT2D eigenvalue weighted by Crippen LogP contribution is -2.40. The number of hydrazine groups is 1. The van der Waals surface area contributed by atoms with Crippen molar-refractivity contribution >= 4 is 33.2 Å². The Morgan fingerprint density at radius 2 is 2.29 bits per heavy atom. The summed E-state index contributed by atoms with van der Waals surface area (Å²) in [7, 11) is 1.60. The number of carbonyl (C=O) groups is 1. The molecule has 1 heterocycles. The van der Waals surface area contributed by atoms with Gasteiger partial charge in [-0.05, 0) is 40.9 Å². The van der Waals surface area contributed by atoms with Crippen molar-refractivity contribution in [3.8, 4) is 0 Å². The van der Waals surface area contributed by atoms with Crippen LogP contribution in [0.3, 0.4) is 0 Å². The molecule has 2 N–H and O–H groups in total. The Bertz CT molecular complexity index is 371. The molecule has 1 amide bonds. The van der Waals surface area contributed by atoms with E-state index in [2.05, 4.69) is 15.9 Å². The Labute approximate surface area is 95.0 Å². The molecule has 1 aliphatic rings. The summed E-state index contributed by atoms with van der Waals surface area (Å²) in [4.78, 5) is 12.9. The molecule has 0 spiro atoms. The Kier molecular flexibility index (Phi) is 2.41. The fraction of sp³-hybridized carbons (Fsp3) is 0.444. The summed E-state index contributed by atoms with van der Waals surface area (Å²) >= 11 is 5.02. The lowest BCUT2D eigenvalue weighted by molar-refractivity contribution is -0.132. The Morgan fingerprint density at radius 1 is 1.64 bits per heavy atom. The van der Waals surface area contributed by atoms with Gasteiger partial charge in [0.1, 0.15) is 0 Å². The quantitative estimate of drug-likeness (QED) is 0.509. The number of nitrogens with zero attached hydrogens (tertiary/aromatic N) is 1. The molecule has 0 atom stereocenters. The van der Waals surface area contributed by atoms with Crippen LogP contribution in [-0.2, 0) is 10.2 Å². The van der Waals surface area contributed by atoms with Crippen molar-refractivity contribution in [2.75, 3.05) is 7.05 Å². The zero-order chi connectivity index (χ0) is 10.3. The Balaban J connectivity index is 2.29. The topological polar surface area (TPSA) is 46.3 Å². The van der Waals surface area contributed by atoms with Crippen molar-refractivity contribution in [1.82, 2.24) is 5.01 Å². The van der Waals surface area contributed by atoms with Crippen molar-refractivity contribution in [2.24, 2.45) is 5.84 Å². The largest absolute Gasteiger partial charge is 0.283 e. The number of hydrogen-bond donors (Lipinski definition) is 1. The molecular weight excluding hydrogens is 264 g/mol. The smallest absolute Gasteiger partial charge is 0.247 e. The van der Waals surface area contributed by atoms with E-state index in [4.69, 9.17) is 5.84 Å². The molecule has 0 saturated heterocycles. The van der Waals surface area contributed by atoms with Crippen LogP contribution in [0, 0.1) is 0 Å². The SMILES string of the molecule is CN(N)C(=O)C1(c2ccc(Br)s2)CC1. The van der Waals surface area contributed by atoms with E-state index in [1.54, 1.807) is 18.4 Å². The Hall–Kier alpha value is -0.390. The normalized spacial score (nSPS) is 17.9. The van der Waals surface area contributed by atoms with Gasteiger partial charge in [-0.25, -0.2) is 5.84 Å². The van der Waals surface area contributed by atoms with E-state index in [1.807, 2.05) is 12.1 Å². The molecule has 1 aliphatic carbocycles. The van der Waals surface area contributed by atoms with E-state index in [-0.39, 0.29) is 11.3 Å². The third-order valence-corrected chi connectivity index (χ3v) is 4.35. The molecule has 1 aromatic heterocycles. The monoisotopic (exact) mass is 274 g/mol. The lowest BCUT2D eigenvalue weighted by atomic mass is 10.0. The minimum absolute atomic E-state index is 0.0202. The van der Waals surface area contributed by atoms with Crippen LogP contribution in [0.15, 0.2) is 15.9 Å². The van der Waals surface area contributed by atoms with E-state index in [0.29, 0.717) is 0 Å². The van der Waals surface area contributed by atoms with E-state index in [9.17, 15) is 4.79 Å². The van der Waals surface area contributed by atoms with Gasteiger partial charge in [0.25, 0.3) is 0 Å². The van der Waals surface area contributed by atoms with Gasteiger partial charge in [-0.15, -0.1) is 11.3 Å². The van der Waals surface area contributed by atoms with E-state index in [0.717, 1.165) is 21.5 Å². The predicted octanol–water partition coefficient (Wildman–Crippen LogP) is 1.87. The third-order valence-electron chi connectivity index (χ3n) is 2.52. The van der Waals surface area contributed by atoms with Crippen LogP contribution in [0.2, 0.25) is 0 Å². The minimum Gasteiger partial charge on any atom is -0.283 e. The summed E-state index contributed by atoms with van der Waals surface area (Å²) in [5.74, 6) is 5.50. The van der Waals surface area contributed by atoms with Crippen LogP contribution in [0.25, 0.3) is 0 Å². The highest BCUT2D eigenvalue weighted by Gasteiger charge is 2.53. The van der Waals surface area contributed by atoms with E-state index < -0.39 is 0 Å². The number of rotatable bonds is 2. The fourth-order valence-corrected chi connectivity index (χ4v) is 3.22. The van der Waals surface area contributed by atoms with Crippen LogP contribution >= 0.6 is 27.3 Å². The van der Waals surface area contributed by atoms with Crippen LogP contribution in [0.1, 0.15) is 17.7 Å². The summed E-state index contributed by atoms with van der Waals surface area (Å²) in [6, 6.07) is 3.98. The highest BCUT2D eigenvalue weighted by atomic mass is 79.9. The van der Waals surface area contributed by atoms with Crippen LogP contribution in [0.5, 0.6) is 0 Å². The maximum Gasteiger partial charge on any atom is 0.247 e. The minimum atomic E-state index is -0.305. The predicted molar refractivity (Wildman–Crippen MR) is 59.9 cm³/mol. The van der Waals surface area contributed by atoms with E-state index in [1.165, 1.54) is 5.01 Å². The first-order valence-electron chi connectivity index (χ1n) is 4.35. The molecule has 2 rings (SSSR count). The maximum absolute atomic E-state index is 11.8. The number of carbonyl (C=O) groups excluding carboxylic acids is 1. The highest BCUT2D eigenvalue weighted by Crippen LogP contribution is 2.51. The van der Waals surface area contributed by atoms with Crippen molar-refractivity contribution in [2.45, 2.75) is 18.3 Å². The summed E-state index contributed by atoms with van der Waals surface area (Å²) < 4.78 is 1.06. The molecule has 0 aromatic carbocycles. The maximum atomic E-state index is 11.8. The Morgan fingerprint density at radius 3 is 2.64 bits per heavy atom. The molecule has 0 radical (unpaired) electrons. The van der Waals surface area contributed by atoms with Gasteiger partial charge in [-0.1, -0.05) is 0 Å². The molecule has 1 aromatic rings. The molecule has 0 bridgehead atoms. The number of hydrogen-bond acceptors (Lipinski definition) is 3. The number of likely N-dealkylation sites (N-methyl/N-ethyl adjacent to an activating group) is 1. The number of thiophene rings is 1. The highest BCUT2D eigenvalue weighted by molar-refractivity contribution is 9.11.